The van der Waals surface area contributed by atoms with Crippen molar-refractivity contribution in [2.24, 2.45) is 0 Å². The van der Waals surface area contributed by atoms with Gasteiger partial charge in [-0.05, 0) is 148 Å². The van der Waals surface area contributed by atoms with Crippen molar-refractivity contribution in [2.75, 3.05) is 39.6 Å². The van der Waals surface area contributed by atoms with E-state index < -0.39 is 97.5 Å². The van der Waals surface area contributed by atoms with E-state index in [4.69, 9.17) is 37.0 Å². The topological polar surface area (TPSA) is 237 Å². The number of carbonyl (C=O) groups is 4. The Balaban J connectivity index is 5.36. The van der Waals surface area contributed by atoms with Crippen LogP contribution in [0.2, 0.25) is 0 Å². The molecule has 0 heterocycles. The first-order chi connectivity index (χ1) is 49.7. The summed E-state index contributed by atoms with van der Waals surface area (Å²) in [5.41, 5.74) is 0. The van der Waals surface area contributed by atoms with Gasteiger partial charge in [-0.25, -0.2) is 9.13 Å². The van der Waals surface area contributed by atoms with Crippen molar-refractivity contribution in [3.8, 4) is 0 Å². The Morgan fingerprint density at radius 2 is 0.520 bits per heavy atom. The number of aliphatic hydroxyl groups is 1. The summed E-state index contributed by atoms with van der Waals surface area (Å²) in [6, 6.07) is 0. The number of esters is 4. The molecule has 3 N–H and O–H groups in total. The normalized spacial score (nSPS) is 14.5. The summed E-state index contributed by atoms with van der Waals surface area (Å²) in [6.45, 7) is 4.56. The van der Waals surface area contributed by atoms with E-state index >= 15 is 0 Å². The quantitative estimate of drug-likeness (QED) is 0.0169. The van der Waals surface area contributed by atoms with Gasteiger partial charge in [0.05, 0.1) is 26.4 Å². The van der Waals surface area contributed by atoms with Gasteiger partial charge in [0, 0.05) is 25.7 Å². The highest BCUT2D eigenvalue weighted by Crippen LogP contribution is 2.45. The first kappa shape index (κ1) is 97.5. The molecule has 0 aliphatic carbocycles. The van der Waals surface area contributed by atoms with E-state index in [1.54, 1.807) is 0 Å². The third kappa shape index (κ3) is 73.8. The summed E-state index contributed by atoms with van der Waals surface area (Å²) in [5, 5.41) is 10.6. The maximum Gasteiger partial charge on any atom is 0.472 e. The van der Waals surface area contributed by atoms with Gasteiger partial charge >= 0.3 is 39.5 Å². The molecule has 586 valence electrons. The Morgan fingerprint density at radius 1 is 0.284 bits per heavy atom. The second-order valence-electron chi connectivity index (χ2n) is 26.2. The van der Waals surface area contributed by atoms with Crippen molar-refractivity contribution in [1.82, 2.24) is 0 Å². The van der Waals surface area contributed by atoms with Gasteiger partial charge in [0.1, 0.15) is 19.3 Å². The fourth-order valence-electron chi connectivity index (χ4n) is 10.4. The van der Waals surface area contributed by atoms with Gasteiger partial charge in [0.2, 0.25) is 0 Å². The molecule has 0 amide bonds. The highest BCUT2D eigenvalue weighted by Gasteiger charge is 2.30. The zero-order valence-electron chi connectivity index (χ0n) is 64.0. The highest BCUT2D eigenvalue weighted by atomic mass is 31.2. The number of hydrogen-bond acceptors (Lipinski definition) is 15. The van der Waals surface area contributed by atoms with Gasteiger partial charge in [-0.2, -0.15) is 0 Å². The summed E-state index contributed by atoms with van der Waals surface area (Å²) in [6.07, 6.45) is 81.8. The first-order valence-corrected chi connectivity index (χ1v) is 42.8. The lowest BCUT2D eigenvalue weighted by molar-refractivity contribution is -0.161. The van der Waals surface area contributed by atoms with Crippen LogP contribution in [-0.4, -0.2) is 96.7 Å². The molecule has 0 saturated carbocycles. The molecule has 0 saturated heterocycles. The zero-order valence-corrected chi connectivity index (χ0v) is 65.8. The molecule has 19 heteroatoms. The zero-order chi connectivity index (χ0) is 74.6. The predicted octanol–water partition coefficient (Wildman–Crippen LogP) is 23.1. The molecule has 5 atom stereocenters. The molecule has 102 heavy (non-hydrogen) atoms. The van der Waals surface area contributed by atoms with Crippen LogP contribution >= 0.6 is 15.6 Å². The Morgan fingerprint density at radius 3 is 0.833 bits per heavy atom. The largest absolute Gasteiger partial charge is 0.472 e. The molecule has 0 aromatic rings. The molecule has 5 unspecified atom stereocenters. The van der Waals surface area contributed by atoms with E-state index in [1.165, 1.54) is 51.4 Å². The third-order valence-corrected chi connectivity index (χ3v) is 18.3. The molecule has 0 rings (SSSR count). The molecule has 0 fully saturated rings. The number of carbonyl (C=O) groups excluding carboxylic acids is 4. The fraction of sp³-hybridized carbons (Fsp3) is 0.711. The van der Waals surface area contributed by atoms with E-state index in [-0.39, 0.29) is 25.7 Å². The van der Waals surface area contributed by atoms with Gasteiger partial charge in [-0.1, -0.05) is 271 Å². The maximum absolute atomic E-state index is 13.1. The Hall–Kier alpha value is -4.54. The van der Waals surface area contributed by atoms with Crippen LogP contribution in [0.25, 0.3) is 0 Å². The predicted molar refractivity (Wildman–Crippen MR) is 418 cm³/mol. The number of phosphoric acid groups is 2. The van der Waals surface area contributed by atoms with Crippen LogP contribution in [0, 0.1) is 0 Å². The molecule has 0 aromatic heterocycles. The van der Waals surface area contributed by atoms with Crippen molar-refractivity contribution in [2.45, 2.75) is 341 Å². The van der Waals surface area contributed by atoms with Gasteiger partial charge < -0.3 is 33.8 Å². The van der Waals surface area contributed by atoms with Crippen LogP contribution in [0.1, 0.15) is 323 Å². The van der Waals surface area contributed by atoms with Gasteiger partial charge in [-0.3, -0.25) is 37.3 Å². The van der Waals surface area contributed by atoms with Gasteiger partial charge in [0.25, 0.3) is 0 Å². The van der Waals surface area contributed by atoms with Gasteiger partial charge in [-0.15, -0.1) is 0 Å². The number of hydrogen-bond donors (Lipinski definition) is 3. The minimum absolute atomic E-state index is 0.0747. The van der Waals surface area contributed by atoms with Crippen molar-refractivity contribution in [3.05, 3.63) is 122 Å². The van der Waals surface area contributed by atoms with Crippen LogP contribution in [0.3, 0.4) is 0 Å². The van der Waals surface area contributed by atoms with E-state index in [0.29, 0.717) is 25.7 Å². The van der Waals surface area contributed by atoms with Crippen molar-refractivity contribution >= 4 is 39.5 Å². The van der Waals surface area contributed by atoms with Crippen LogP contribution < -0.4 is 0 Å². The number of rotatable bonds is 74. The maximum atomic E-state index is 13.1. The fourth-order valence-corrected chi connectivity index (χ4v) is 11.9. The summed E-state index contributed by atoms with van der Waals surface area (Å²) in [5.74, 6) is -2.23. The van der Waals surface area contributed by atoms with Crippen molar-refractivity contribution in [3.63, 3.8) is 0 Å². The molecule has 0 radical (unpaired) electrons. The van der Waals surface area contributed by atoms with E-state index in [0.717, 1.165) is 193 Å². The number of ether oxygens (including phenoxy) is 4. The SMILES string of the molecule is CC/C=C\C/C=C\C/C=C\C/C=C\C/C=C\CCCCCC(=O)OCC(COP(=O)(O)OCC(O)COP(=O)(O)OCC(COC(=O)CCCCCCCCC/C=C\C/C=C\C/C=C\CC)OC(=O)CCCCCCC/C=C\CCCCCCCC)OC(=O)CCCCCCC/C=C\CCCC. The monoisotopic (exact) mass is 1470 g/mol. The van der Waals surface area contributed by atoms with Crippen LogP contribution in [0.4, 0.5) is 0 Å². The van der Waals surface area contributed by atoms with Crippen molar-refractivity contribution < 1.29 is 80.2 Å². The van der Waals surface area contributed by atoms with Crippen LogP contribution in [0.15, 0.2) is 122 Å². The van der Waals surface area contributed by atoms with Crippen LogP contribution in [0.5, 0.6) is 0 Å². The Labute approximate surface area is 619 Å². The lowest BCUT2D eigenvalue weighted by Gasteiger charge is -2.21. The number of phosphoric ester groups is 2. The minimum atomic E-state index is -4.99. The molecule has 0 aliphatic heterocycles. The summed E-state index contributed by atoms with van der Waals surface area (Å²) in [7, 11) is -9.97. The molecular formula is C83H142O17P2. The van der Waals surface area contributed by atoms with Crippen molar-refractivity contribution in [1.29, 1.82) is 0 Å². The van der Waals surface area contributed by atoms with Crippen LogP contribution in [-0.2, 0) is 65.4 Å². The second kappa shape index (κ2) is 74.7. The standard InChI is InChI=1S/C83H142O17P2/c1-5-9-13-17-21-25-29-32-35-37-38-40-43-45-49-52-56-60-64-68-80(85)93-73-78(99-82(87)69-65-61-57-53-47-28-24-20-16-12-8-4)75-97-101(89,90)95-71-77(84)72-96-102(91,92)98-76-79(100-83(88)70-66-62-58-54-50-46-41-34-31-27-23-19-15-11-7-3)74-94-81(86)67-63-59-55-51-48-44-42-39-36-33-30-26-22-18-14-10-6-2/h9-10,13-14,20-22,24-26,32-36,38,40-41,45,49,77-79,84H,5-8,11-12,15-19,23,27-31,37,39,42-44,46-48,50-76H2,1-4H3,(H,89,90)(H,91,92)/b13-9-,14-10-,24-20-,25-21-,26-22-,35-32-,36-33-,40-38-,41-34-,49-45-. The molecule has 0 bridgehead atoms. The lowest BCUT2D eigenvalue weighted by Crippen LogP contribution is -2.30. The molecular weight excluding hydrogens is 1330 g/mol. The molecule has 0 spiro atoms. The lowest BCUT2D eigenvalue weighted by atomic mass is 10.1. The van der Waals surface area contributed by atoms with Gasteiger partial charge in [0.15, 0.2) is 12.2 Å². The average molecular weight is 1470 g/mol. The highest BCUT2D eigenvalue weighted by molar-refractivity contribution is 7.47. The summed E-state index contributed by atoms with van der Waals surface area (Å²) >= 11 is 0. The summed E-state index contributed by atoms with van der Waals surface area (Å²) in [4.78, 5) is 72.9. The summed E-state index contributed by atoms with van der Waals surface area (Å²) < 4.78 is 68.5. The van der Waals surface area contributed by atoms with E-state index in [9.17, 15) is 43.2 Å². The number of aliphatic hydroxyl groups excluding tert-OH is 1. The Kier molecular flexibility index (Phi) is 71.4. The van der Waals surface area contributed by atoms with E-state index in [1.807, 2.05) is 0 Å². The first-order valence-electron chi connectivity index (χ1n) is 39.8. The molecule has 0 aliphatic rings. The average Bonchev–Trinajstić information content (AvgIpc) is 0.926. The minimum Gasteiger partial charge on any atom is -0.462 e. The van der Waals surface area contributed by atoms with E-state index in [2.05, 4.69) is 149 Å². The third-order valence-electron chi connectivity index (χ3n) is 16.4. The smallest absolute Gasteiger partial charge is 0.462 e. The molecule has 17 nitrogen and oxygen atoms in total. The Bertz CT molecular complexity index is 2410. The second-order valence-corrected chi connectivity index (χ2v) is 29.1. The number of allylic oxidation sites excluding steroid dienone is 20. The number of unbranched alkanes of at least 4 members (excludes halogenated alkanes) is 28. The molecule has 0 aromatic carbocycles.